The van der Waals surface area contributed by atoms with E-state index >= 15 is 0 Å². The first-order valence-corrected chi connectivity index (χ1v) is 7.32. The smallest absolute Gasteiger partial charge is 0.0236 e. The molecule has 3 rings (SSSR count). The average Bonchev–Trinajstić information content (AvgIpc) is 2.80. The number of fused-ring (bicyclic) bond motifs is 1. The summed E-state index contributed by atoms with van der Waals surface area (Å²) in [7, 11) is 0. The maximum atomic E-state index is 6.03. The highest BCUT2D eigenvalue weighted by molar-refractivity contribution is 5.35. The van der Waals surface area contributed by atoms with Crippen LogP contribution < -0.4 is 5.73 Å². The average molecular weight is 244 g/mol. The van der Waals surface area contributed by atoms with Crippen molar-refractivity contribution in [3.63, 3.8) is 0 Å². The summed E-state index contributed by atoms with van der Waals surface area (Å²) in [4.78, 5) is 2.58. The number of hydrogen-bond donors (Lipinski definition) is 1. The fourth-order valence-corrected chi connectivity index (χ4v) is 3.45. The summed E-state index contributed by atoms with van der Waals surface area (Å²) in [6.45, 7) is 4.56. The van der Waals surface area contributed by atoms with Crippen molar-refractivity contribution < 1.29 is 0 Å². The van der Waals surface area contributed by atoms with E-state index in [1.54, 1.807) is 11.1 Å². The topological polar surface area (TPSA) is 29.3 Å². The van der Waals surface area contributed by atoms with Crippen LogP contribution in [0.4, 0.5) is 0 Å². The van der Waals surface area contributed by atoms with E-state index in [0.29, 0.717) is 12.1 Å². The summed E-state index contributed by atoms with van der Waals surface area (Å²) in [6, 6.07) is 8.14. The summed E-state index contributed by atoms with van der Waals surface area (Å²) in [5, 5.41) is 0. The van der Waals surface area contributed by atoms with E-state index in [1.165, 1.54) is 24.8 Å². The predicted molar refractivity (Wildman–Crippen MR) is 75.5 cm³/mol. The van der Waals surface area contributed by atoms with Crippen LogP contribution >= 0.6 is 0 Å². The number of rotatable bonds is 2. The fourth-order valence-electron chi connectivity index (χ4n) is 3.45. The molecule has 1 aromatic rings. The second-order valence-electron chi connectivity index (χ2n) is 6.06. The lowest BCUT2D eigenvalue weighted by Crippen LogP contribution is -2.44. The number of hydrogen-bond acceptors (Lipinski definition) is 2. The summed E-state index contributed by atoms with van der Waals surface area (Å²) < 4.78 is 0. The third-order valence-corrected chi connectivity index (χ3v) is 4.60. The lowest BCUT2D eigenvalue weighted by Gasteiger charge is -2.36. The van der Waals surface area contributed by atoms with Gasteiger partial charge in [-0.1, -0.05) is 18.2 Å². The van der Waals surface area contributed by atoms with Crippen LogP contribution in [0.1, 0.15) is 42.9 Å². The molecule has 0 bridgehead atoms. The number of piperidine rings is 1. The summed E-state index contributed by atoms with van der Waals surface area (Å²) in [6.07, 6.45) is 6.20. The van der Waals surface area contributed by atoms with Crippen molar-refractivity contribution in [1.29, 1.82) is 0 Å². The fraction of sp³-hybridized carbons (Fsp3) is 0.625. The molecule has 2 aliphatic rings. The highest BCUT2D eigenvalue weighted by Gasteiger charge is 2.23. The third-order valence-electron chi connectivity index (χ3n) is 4.60. The van der Waals surface area contributed by atoms with Gasteiger partial charge in [-0.25, -0.2) is 0 Å². The van der Waals surface area contributed by atoms with Crippen molar-refractivity contribution in [2.24, 2.45) is 5.73 Å². The second kappa shape index (κ2) is 5.02. The first-order valence-electron chi connectivity index (χ1n) is 7.32. The number of likely N-dealkylation sites (tertiary alicyclic amines) is 1. The second-order valence-corrected chi connectivity index (χ2v) is 6.06. The van der Waals surface area contributed by atoms with Crippen LogP contribution in [0.15, 0.2) is 18.2 Å². The maximum Gasteiger partial charge on any atom is 0.0236 e. The first-order chi connectivity index (χ1) is 8.72. The molecule has 2 atom stereocenters. The van der Waals surface area contributed by atoms with Crippen molar-refractivity contribution in [2.75, 3.05) is 6.54 Å². The first kappa shape index (κ1) is 12.2. The Balaban J connectivity index is 1.69. The third kappa shape index (κ3) is 2.45. The molecule has 0 radical (unpaired) electrons. The zero-order valence-electron chi connectivity index (χ0n) is 11.4. The molecule has 1 aromatic carbocycles. The van der Waals surface area contributed by atoms with E-state index in [-0.39, 0.29) is 0 Å². The van der Waals surface area contributed by atoms with E-state index < -0.39 is 0 Å². The van der Waals surface area contributed by atoms with Gasteiger partial charge in [0.05, 0.1) is 0 Å². The highest BCUT2D eigenvalue weighted by Crippen LogP contribution is 2.25. The molecule has 0 amide bonds. The number of benzene rings is 1. The largest absolute Gasteiger partial charge is 0.328 e. The van der Waals surface area contributed by atoms with Gasteiger partial charge in [-0.05, 0) is 55.7 Å². The quantitative estimate of drug-likeness (QED) is 0.866. The lowest BCUT2D eigenvalue weighted by atomic mass is 9.98. The van der Waals surface area contributed by atoms with Gasteiger partial charge in [0.2, 0.25) is 0 Å². The molecule has 1 heterocycles. The molecule has 0 saturated carbocycles. The van der Waals surface area contributed by atoms with E-state index in [4.69, 9.17) is 5.73 Å². The van der Waals surface area contributed by atoms with Gasteiger partial charge in [-0.3, -0.25) is 4.90 Å². The molecule has 1 aliphatic carbocycles. The molecule has 1 aliphatic heterocycles. The molecule has 1 saturated heterocycles. The van der Waals surface area contributed by atoms with E-state index in [2.05, 4.69) is 30.0 Å². The molecule has 1 fully saturated rings. The Morgan fingerprint density at radius 3 is 2.94 bits per heavy atom. The van der Waals surface area contributed by atoms with E-state index in [0.717, 1.165) is 25.9 Å². The van der Waals surface area contributed by atoms with Crippen molar-refractivity contribution in [3.05, 3.63) is 34.9 Å². The highest BCUT2D eigenvalue weighted by atomic mass is 15.2. The van der Waals surface area contributed by atoms with Crippen LogP contribution in [0.25, 0.3) is 0 Å². The van der Waals surface area contributed by atoms with Gasteiger partial charge >= 0.3 is 0 Å². The molecule has 98 valence electrons. The van der Waals surface area contributed by atoms with E-state index in [1.807, 2.05) is 0 Å². The molecule has 2 N–H and O–H groups in total. The zero-order chi connectivity index (χ0) is 12.5. The molecular weight excluding hydrogens is 220 g/mol. The van der Waals surface area contributed by atoms with Crippen molar-refractivity contribution in [2.45, 2.75) is 57.7 Å². The van der Waals surface area contributed by atoms with Gasteiger partial charge in [-0.15, -0.1) is 0 Å². The van der Waals surface area contributed by atoms with Crippen LogP contribution in [0.3, 0.4) is 0 Å². The molecular formula is C16H24N2. The molecule has 0 aromatic heterocycles. The van der Waals surface area contributed by atoms with Crippen molar-refractivity contribution in [1.82, 2.24) is 4.90 Å². The number of nitrogens with two attached hydrogens (primary N) is 1. The molecule has 2 unspecified atom stereocenters. The van der Waals surface area contributed by atoms with Gasteiger partial charge in [0.1, 0.15) is 0 Å². The van der Waals surface area contributed by atoms with Crippen LogP contribution in [-0.2, 0) is 19.4 Å². The zero-order valence-corrected chi connectivity index (χ0v) is 11.4. The number of aryl methyl sites for hydroxylation is 2. The Morgan fingerprint density at radius 2 is 2.11 bits per heavy atom. The van der Waals surface area contributed by atoms with Gasteiger partial charge < -0.3 is 5.73 Å². The Bertz CT molecular complexity index is 427. The Labute approximate surface area is 110 Å². The summed E-state index contributed by atoms with van der Waals surface area (Å²) in [5.41, 5.74) is 10.7. The SMILES string of the molecule is CC1CC(N)CCN1Cc1ccc2c(c1)CCC2. The van der Waals surface area contributed by atoms with Gasteiger partial charge in [0.25, 0.3) is 0 Å². The standard InChI is InChI=1S/C16H24N2/c1-12-9-16(17)7-8-18(12)11-13-5-6-14-3-2-4-15(14)10-13/h5-6,10,12,16H,2-4,7-9,11,17H2,1H3. The molecule has 18 heavy (non-hydrogen) atoms. The van der Waals surface area contributed by atoms with Crippen molar-refractivity contribution in [3.8, 4) is 0 Å². The minimum atomic E-state index is 0.413. The van der Waals surface area contributed by atoms with Gasteiger partial charge in [0.15, 0.2) is 0 Å². The number of nitrogens with zero attached hydrogens (tertiary/aromatic N) is 1. The monoisotopic (exact) mass is 244 g/mol. The van der Waals surface area contributed by atoms with Gasteiger partial charge in [0, 0.05) is 25.2 Å². The van der Waals surface area contributed by atoms with Crippen LogP contribution in [0.5, 0.6) is 0 Å². The molecule has 2 nitrogen and oxygen atoms in total. The van der Waals surface area contributed by atoms with E-state index in [9.17, 15) is 0 Å². The van der Waals surface area contributed by atoms with Crippen LogP contribution in [0.2, 0.25) is 0 Å². The normalized spacial score (nSPS) is 28.3. The Hall–Kier alpha value is -0.860. The minimum Gasteiger partial charge on any atom is -0.328 e. The summed E-state index contributed by atoms with van der Waals surface area (Å²) in [5.74, 6) is 0. The summed E-state index contributed by atoms with van der Waals surface area (Å²) >= 11 is 0. The molecule has 0 spiro atoms. The Morgan fingerprint density at radius 1 is 1.28 bits per heavy atom. The minimum absolute atomic E-state index is 0.413. The Kier molecular flexibility index (Phi) is 3.40. The van der Waals surface area contributed by atoms with Crippen LogP contribution in [0, 0.1) is 0 Å². The predicted octanol–water partition coefficient (Wildman–Crippen LogP) is 2.49. The van der Waals surface area contributed by atoms with Crippen LogP contribution in [-0.4, -0.2) is 23.5 Å². The molecule has 2 heteroatoms. The lowest BCUT2D eigenvalue weighted by molar-refractivity contribution is 0.140. The van der Waals surface area contributed by atoms with Gasteiger partial charge in [-0.2, -0.15) is 0 Å². The maximum absolute atomic E-state index is 6.03. The van der Waals surface area contributed by atoms with Crippen molar-refractivity contribution >= 4 is 0 Å².